The summed E-state index contributed by atoms with van der Waals surface area (Å²) in [7, 11) is 0. The number of benzene rings is 8. The molecule has 8 aromatic rings. The van der Waals surface area contributed by atoms with Gasteiger partial charge in [0.05, 0.1) is 11.5 Å². The van der Waals surface area contributed by atoms with E-state index in [2.05, 4.69) is 243 Å². The molecular formula is C58H45N. The minimum atomic E-state index is -0.465. The fourth-order valence-electron chi connectivity index (χ4n) is 10.6. The van der Waals surface area contributed by atoms with Gasteiger partial charge in [0, 0.05) is 22.7 Å². The maximum atomic E-state index is 2.58. The summed E-state index contributed by atoms with van der Waals surface area (Å²) in [5.74, 6) is 0.155. The van der Waals surface area contributed by atoms with Crippen molar-refractivity contribution < 1.29 is 0 Å². The molecule has 2 atom stereocenters. The normalized spacial score (nSPS) is 17.5. The van der Waals surface area contributed by atoms with Crippen LogP contribution in [0.4, 0.5) is 11.4 Å². The maximum Gasteiger partial charge on any atom is 0.0720 e. The Balaban J connectivity index is 1.10. The zero-order chi connectivity index (χ0) is 39.6. The van der Waals surface area contributed by atoms with Crippen LogP contribution in [0.25, 0.3) is 33.4 Å². The van der Waals surface area contributed by atoms with Gasteiger partial charge in [-0.1, -0.05) is 214 Å². The molecule has 0 heterocycles. The van der Waals surface area contributed by atoms with Crippen LogP contribution in [-0.4, -0.2) is 6.04 Å². The predicted molar refractivity (Wildman–Crippen MR) is 247 cm³/mol. The summed E-state index contributed by atoms with van der Waals surface area (Å²) in [6, 6.07) is 74.7. The topological polar surface area (TPSA) is 3.24 Å². The zero-order valence-electron chi connectivity index (χ0n) is 33.5. The third kappa shape index (κ3) is 5.45. The Morgan fingerprint density at radius 2 is 0.831 bits per heavy atom. The lowest BCUT2D eigenvalue weighted by Crippen LogP contribution is -2.41. The van der Waals surface area contributed by atoms with E-state index in [-0.39, 0.29) is 17.4 Å². The van der Waals surface area contributed by atoms with Crippen LogP contribution in [0.1, 0.15) is 58.7 Å². The van der Waals surface area contributed by atoms with Gasteiger partial charge in [0.2, 0.25) is 0 Å². The highest BCUT2D eigenvalue weighted by molar-refractivity contribution is 5.90. The monoisotopic (exact) mass is 755 g/mol. The van der Waals surface area contributed by atoms with Crippen LogP contribution < -0.4 is 4.90 Å². The van der Waals surface area contributed by atoms with Gasteiger partial charge in [0.15, 0.2) is 0 Å². The Morgan fingerprint density at radius 3 is 1.46 bits per heavy atom. The van der Waals surface area contributed by atoms with E-state index in [1.54, 1.807) is 0 Å². The molecule has 0 fully saturated rings. The second-order valence-electron chi connectivity index (χ2n) is 16.8. The van der Waals surface area contributed by atoms with E-state index in [1.807, 2.05) is 0 Å². The molecule has 0 saturated carbocycles. The number of hydrogen-bond acceptors (Lipinski definition) is 1. The van der Waals surface area contributed by atoms with Crippen molar-refractivity contribution in [1.82, 2.24) is 0 Å². The van der Waals surface area contributed by atoms with Crippen molar-refractivity contribution in [3.63, 3.8) is 0 Å². The summed E-state index contributed by atoms with van der Waals surface area (Å²) in [4.78, 5) is 2.58. The van der Waals surface area contributed by atoms with Crippen molar-refractivity contribution in [1.29, 1.82) is 0 Å². The number of fused-ring (bicyclic) bond motifs is 9. The van der Waals surface area contributed by atoms with E-state index in [0.29, 0.717) is 0 Å². The molecule has 0 radical (unpaired) electrons. The van der Waals surface area contributed by atoms with Crippen molar-refractivity contribution in [2.24, 2.45) is 0 Å². The second kappa shape index (κ2) is 13.9. The fourth-order valence-corrected chi connectivity index (χ4v) is 10.6. The minimum Gasteiger partial charge on any atom is -0.334 e. The van der Waals surface area contributed by atoms with Crippen LogP contribution >= 0.6 is 0 Å². The number of allylic oxidation sites excluding steroid dienone is 2. The summed E-state index contributed by atoms with van der Waals surface area (Å²) in [5, 5.41) is 0. The van der Waals surface area contributed by atoms with Gasteiger partial charge in [-0.3, -0.25) is 0 Å². The van der Waals surface area contributed by atoms with Crippen molar-refractivity contribution in [3.05, 3.63) is 263 Å². The van der Waals surface area contributed by atoms with Gasteiger partial charge in [0.25, 0.3) is 0 Å². The van der Waals surface area contributed by atoms with Gasteiger partial charge in [-0.15, -0.1) is 0 Å². The lowest BCUT2D eigenvalue weighted by Gasteiger charge is -2.47. The van der Waals surface area contributed by atoms with E-state index in [9.17, 15) is 0 Å². The van der Waals surface area contributed by atoms with Crippen molar-refractivity contribution in [3.8, 4) is 33.4 Å². The number of hydrogen-bond donors (Lipinski definition) is 0. The van der Waals surface area contributed by atoms with Gasteiger partial charge < -0.3 is 4.90 Å². The van der Waals surface area contributed by atoms with Crippen molar-refractivity contribution in [2.75, 3.05) is 4.90 Å². The molecule has 3 aliphatic rings. The number of rotatable bonds is 6. The summed E-state index contributed by atoms with van der Waals surface area (Å²) < 4.78 is 0. The van der Waals surface area contributed by atoms with E-state index in [4.69, 9.17) is 0 Å². The van der Waals surface area contributed by atoms with Crippen LogP contribution in [0.5, 0.6) is 0 Å². The van der Waals surface area contributed by atoms with Crippen LogP contribution in [0, 0.1) is 0 Å². The Hall–Kier alpha value is -6.96. The van der Waals surface area contributed by atoms with Crippen LogP contribution in [0.3, 0.4) is 0 Å². The SMILES string of the molecule is CC1(C)c2ccccc2C2(c3ccccc3-c3ccc(N(c4ccc(-c5ccc(-c6ccccc6)cc5)cc4)C4C=CC=CC4c4ccccc4)cc32)c2ccccc21. The predicted octanol–water partition coefficient (Wildman–Crippen LogP) is 14.4. The van der Waals surface area contributed by atoms with Gasteiger partial charge in [-0.25, -0.2) is 0 Å². The summed E-state index contributed by atoms with van der Waals surface area (Å²) in [6.07, 6.45) is 9.19. The van der Waals surface area contributed by atoms with Crippen LogP contribution in [-0.2, 0) is 10.8 Å². The molecule has 2 unspecified atom stereocenters. The van der Waals surface area contributed by atoms with Gasteiger partial charge in [0.1, 0.15) is 0 Å². The number of anilines is 2. The Kier molecular flexibility index (Phi) is 8.27. The Labute approximate surface area is 348 Å². The van der Waals surface area contributed by atoms with Crippen molar-refractivity contribution in [2.45, 2.75) is 36.6 Å². The zero-order valence-corrected chi connectivity index (χ0v) is 33.5. The highest BCUT2D eigenvalue weighted by Gasteiger charge is 2.53. The fraction of sp³-hybridized carbons (Fsp3) is 0.103. The molecule has 1 spiro atoms. The third-order valence-corrected chi connectivity index (χ3v) is 13.4. The molecule has 0 bridgehead atoms. The first kappa shape index (κ1) is 35.2. The lowest BCUT2D eigenvalue weighted by molar-refractivity contribution is 0.563. The summed E-state index contributed by atoms with van der Waals surface area (Å²) >= 11 is 0. The minimum absolute atomic E-state index is 0.0426. The molecule has 59 heavy (non-hydrogen) atoms. The first-order valence-electron chi connectivity index (χ1n) is 20.9. The molecule has 282 valence electrons. The molecule has 0 saturated heterocycles. The molecule has 0 amide bonds. The molecule has 8 aromatic carbocycles. The Bertz CT molecular complexity index is 2850. The molecule has 3 aliphatic carbocycles. The maximum absolute atomic E-state index is 2.58. The first-order chi connectivity index (χ1) is 29.0. The average Bonchev–Trinajstić information content (AvgIpc) is 3.60. The third-order valence-electron chi connectivity index (χ3n) is 13.4. The van der Waals surface area contributed by atoms with Gasteiger partial charge in [-0.2, -0.15) is 0 Å². The van der Waals surface area contributed by atoms with E-state index >= 15 is 0 Å². The second-order valence-corrected chi connectivity index (χ2v) is 16.8. The van der Waals surface area contributed by atoms with Gasteiger partial charge in [-0.05, 0) is 96.6 Å². The van der Waals surface area contributed by atoms with E-state index < -0.39 is 5.41 Å². The molecule has 11 rings (SSSR count). The molecule has 1 heteroatoms. The summed E-state index contributed by atoms with van der Waals surface area (Å²) in [6.45, 7) is 4.79. The van der Waals surface area contributed by atoms with Crippen molar-refractivity contribution >= 4 is 11.4 Å². The summed E-state index contributed by atoms with van der Waals surface area (Å²) in [5.41, 5.74) is 18.8. The highest BCUT2D eigenvalue weighted by atomic mass is 15.2. The van der Waals surface area contributed by atoms with Gasteiger partial charge >= 0.3 is 0 Å². The van der Waals surface area contributed by atoms with Crippen LogP contribution in [0.15, 0.2) is 224 Å². The smallest absolute Gasteiger partial charge is 0.0720 e. The standard InChI is InChI=1S/C58H45N/c1-57(2)51-24-12-14-26-53(51)58(54-27-15-13-25-52(54)57)50-23-11-9-22-48(50)49-38-37-46(39-55(49)58)59(56-28-16-10-21-47(56)44-19-7-4-8-20-44)45-35-33-43(34-36-45)42-31-29-41(30-32-42)40-17-5-3-6-18-40/h3-39,47,56H,1-2H3. The van der Waals surface area contributed by atoms with E-state index in [0.717, 1.165) is 5.69 Å². The molecule has 0 N–H and O–H groups in total. The van der Waals surface area contributed by atoms with Crippen LogP contribution in [0.2, 0.25) is 0 Å². The largest absolute Gasteiger partial charge is 0.334 e. The molecular weight excluding hydrogens is 711 g/mol. The Morgan fingerprint density at radius 1 is 0.373 bits per heavy atom. The first-order valence-corrected chi connectivity index (χ1v) is 20.9. The molecule has 1 nitrogen and oxygen atoms in total. The molecule has 0 aromatic heterocycles. The highest BCUT2D eigenvalue weighted by Crippen LogP contribution is 2.62. The average molecular weight is 756 g/mol. The lowest BCUT2D eigenvalue weighted by atomic mass is 9.55. The molecule has 0 aliphatic heterocycles. The quantitative estimate of drug-likeness (QED) is 0.163. The van der Waals surface area contributed by atoms with E-state index in [1.165, 1.54) is 78.0 Å². The number of nitrogens with zero attached hydrogens (tertiary/aromatic N) is 1.